The van der Waals surface area contributed by atoms with Crippen molar-refractivity contribution in [2.45, 2.75) is 38.5 Å². The van der Waals surface area contributed by atoms with E-state index in [4.69, 9.17) is 9.47 Å². The maximum absolute atomic E-state index is 13.3. The number of hydrogen-bond acceptors (Lipinski definition) is 4. The number of ketones is 1. The van der Waals surface area contributed by atoms with Crippen molar-refractivity contribution in [2.24, 2.45) is 0 Å². The molecule has 5 heteroatoms. The smallest absolute Gasteiger partial charge is 0.232 e. The summed E-state index contributed by atoms with van der Waals surface area (Å²) in [6.45, 7) is 2.47. The molecule has 0 bridgehead atoms. The molecule has 1 amide bonds. The molecule has 0 fully saturated rings. The van der Waals surface area contributed by atoms with Crippen LogP contribution in [0, 0.1) is 0 Å². The van der Waals surface area contributed by atoms with Crippen LogP contribution < -0.4 is 14.4 Å². The lowest BCUT2D eigenvalue weighted by Gasteiger charge is -2.38. The highest BCUT2D eigenvalue weighted by atomic mass is 16.5. The molecule has 0 spiro atoms. The molecule has 0 saturated heterocycles. The summed E-state index contributed by atoms with van der Waals surface area (Å²) in [5, 5.41) is 0. The van der Waals surface area contributed by atoms with Gasteiger partial charge in [-0.05, 0) is 38.0 Å². The number of carbonyl (C=O) groups excluding carboxylic acids is 2. The van der Waals surface area contributed by atoms with Crippen LogP contribution in [0.15, 0.2) is 59.8 Å². The number of hydrogen-bond donors (Lipinski definition) is 0. The zero-order valence-electron chi connectivity index (χ0n) is 16.8. The fourth-order valence-electron chi connectivity index (χ4n) is 4.36. The Kier molecular flexibility index (Phi) is 5.38. The second-order valence-electron chi connectivity index (χ2n) is 7.30. The molecule has 29 heavy (non-hydrogen) atoms. The van der Waals surface area contributed by atoms with Crippen LogP contribution in [0.25, 0.3) is 0 Å². The average Bonchev–Trinajstić information content (AvgIpc) is 2.74. The average molecular weight is 391 g/mol. The molecule has 2 aromatic rings. The van der Waals surface area contributed by atoms with Gasteiger partial charge in [-0.15, -0.1) is 0 Å². The summed E-state index contributed by atoms with van der Waals surface area (Å²) in [5.74, 6) is 1.28. The van der Waals surface area contributed by atoms with Crippen molar-refractivity contribution in [3.63, 3.8) is 0 Å². The molecule has 0 saturated carbocycles. The zero-order chi connectivity index (χ0) is 20.4. The largest absolute Gasteiger partial charge is 0.497 e. The molecule has 1 atom stereocenters. The maximum atomic E-state index is 13.3. The highest BCUT2D eigenvalue weighted by Crippen LogP contribution is 2.45. The van der Waals surface area contributed by atoms with Gasteiger partial charge in [-0.3, -0.25) is 14.5 Å². The Balaban J connectivity index is 1.85. The Morgan fingerprint density at radius 2 is 1.90 bits per heavy atom. The van der Waals surface area contributed by atoms with Crippen LogP contribution in [0.3, 0.4) is 0 Å². The SMILES string of the molecule is CCOc1ccccc1C1CC(=O)N(c2cccc(OC)c2)C2=C1C(=O)CCC2. The minimum absolute atomic E-state index is 0.0111. The zero-order valence-corrected chi connectivity index (χ0v) is 16.8. The van der Waals surface area contributed by atoms with E-state index in [2.05, 4.69) is 0 Å². The third-order valence-corrected chi connectivity index (χ3v) is 5.58. The number of Topliss-reactive ketones (excluding diaryl/α,β-unsaturated/α-hetero) is 1. The molecule has 4 rings (SSSR count). The molecule has 1 heterocycles. The van der Waals surface area contributed by atoms with Gasteiger partial charge in [-0.1, -0.05) is 24.3 Å². The third kappa shape index (κ3) is 3.53. The van der Waals surface area contributed by atoms with Crippen molar-refractivity contribution < 1.29 is 19.1 Å². The fraction of sp³-hybridized carbons (Fsp3) is 0.333. The maximum Gasteiger partial charge on any atom is 0.232 e. The predicted octanol–water partition coefficient (Wildman–Crippen LogP) is 4.62. The van der Waals surface area contributed by atoms with Gasteiger partial charge < -0.3 is 9.47 Å². The molecule has 5 nitrogen and oxygen atoms in total. The third-order valence-electron chi connectivity index (χ3n) is 5.58. The lowest BCUT2D eigenvalue weighted by Crippen LogP contribution is -2.40. The Labute approximate surface area is 170 Å². The number of rotatable bonds is 5. The predicted molar refractivity (Wildman–Crippen MR) is 111 cm³/mol. The number of ether oxygens (including phenoxy) is 2. The Morgan fingerprint density at radius 3 is 2.69 bits per heavy atom. The quantitative estimate of drug-likeness (QED) is 0.746. The second-order valence-corrected chi connectivity index (χ2v) is 7.30. The first-order valence-corrected chi connectivity index (χ1v) is 10.1. The first-order valence-electron chi connectivity index (χ1n) is 10.1. The molecule has 1 aliphatic heterocycles. The van der Waals surface area contributed by atoms with Crippen LogP contribution in [0.5, 0.6) is 11.5 Å². The summed E-state index contributed by atoms with van der Waals surface area (Å²) in [7, 11) is 1.60. The van der Waals surface area contributed by atoms with Gasteiger partial charge in [0.05, 0.1) is 19.4 Å². The summed E-state index contributed by atoms with van der Waals surface area (Å²) in [4.78, 5) is 28.1. The lowest BCUT2D eigenvalue weighted by molar-refractivity contribution is -0.119. The van der Waals surface area contributed by atoms with E-state index in [-0.39, 0.29) is 24.0 Å². The van der Waals surface area contributed by atoms with Crippen LogP contribution in [-0.2, 0) is 9.59 Å². The van der Waals surface area contributed by atoms with Gasteiger partial charge in [0.2, 0.25) is 5.91 Å². The van der Waals surface area contributed by atoms with Crippen LogP contribution in [-0.4, -0.2) is 25.4 Å². The van der Waals surface area contributed by atoms with E-state index in [1.54, 1.807) is 12.0 Å². The Bertz CT molecular complexity index is 978. The number of carbonyl (C=O) groups is 2. The van der Waals surface area contributed by atoms with E-state index in [1.165, 1.54) is 0 Å². The number of nitrogens with zero attached hydrogens (tertiary/aromatic N) is 1. The summed E-state index contributed by atoms with van der Waals surface area (Å²) in [6.07, 6.45) is 2.22. The monoisotopic (exact) mass is 391 g/mol. The molecule has 0 N–H and O–H groups in total. The summed E-state index contributed by atoms with van der Waals surface area (Å²) in [6, 6.07) is 15.2. The Morgan fingerprint density at radius 1 is 1.07 bits per heavy atom. The first kappa shape index (κ1) is 19.2. The molecule has 2 aliphatic rings. The lowest BCUT2D eigenvalue weighted by atomic mass is 9.77. The highest BCUT2D eigenvalue weighted by Gasteiger charge is 2.40. The van der Waals surface area contributed by atoms with Crippen LogP contribution in [0.2, 0.25) is 0 Å². The van der Waals surface area contributed by atoms with Crippen molar-refractivity contribution in [1.82, 2.24) is 0 Å². The minimum Gasteiger partial charge on any atom is -0.497 e. The molecule has 1 unspecified atom stereocenters. The van der Waals surface area contributed by atoms with Crippen molar-refractivity contribution in [3.05, 3.63) is 65.4 Å². The summed E-state index contributed by atoms with van der Waals surface area (Å²) < 4.78 is 11.1. The fourth-order valence-corrected chi connectivity index (χ4v) is 4.36. The van der Waals surface area contributed by atoms with Crippen LogP contribution in [0.4, 0.5) is 5.69 Å². The van der Waals surface area contributed by atoms with Gasteiger partial charge >= 0.3 is 0 Å². The Hall–Kier alpha value is -3.08. The number of para-hydroxylation sites is 1. The number of methoxy groups -OCH3 is 1. The number of amides is 1. The van der Waals surface area contributed by atoms with Gasteiger partial charge in [0.1, 0.15) is 11.5 Å². The molecular weight excluding hydrogens is 366 g/mol. The van der Waals surface area contributed by atoms with E-state index >= 15 is 0 Å². The number of allylic oxidation sites excluding steroid dienone is 2. The number of anilines is 1. The highest BCUT2D eigenvalue weighted by molar-refractivity contribution is 6.07. The van der Waals surface area contributed by atoms with Gasteiger partial charge in [-0.25, -0.2) is 0 Å². The molecular formula is C24H25NO4. The number of benzene rings is 2. The van der Waals surface area contributed by atoms with Crippen molar-refractivity contribution in [2.75, 3.05) is 18.6 Å². The summed E-state index contributed by atoms with van der Waals surface area (Å²) in [5.41, 5.74) is 3.23. The van der Waals surface area contributed by atoms with E-state index in [9.17, 15) is 9.59 Å². The molecule has 0 radical (unpaired) electrons. The minimum atomic E-state index is -0.269. The van der Waals surface area contributed by atoms with Gasteiger partial charge in [0, 0.05) is 41.7 Å². The second kappa shape index (κ2) is 8.11. The van der Waals surface area contributed by atoms with E-state index in [1.807, 2.05) is 55.5 Å². The van der Waals surface area contributed by atoms with Crippen molar-refractivity contribution >= 4 is 17.4 Å². The normalized spacial score (nSPS) is 19.2. The van der Waals surface area contributed by atoms with E-state index < -0.39 is 0 Å². The van der Waals surface area contributed by atoms with Crippen LogP contribution in [0.1, 0.15) is 44.1 Å². The molecule has 2 aromatic carbocycles. The van der Waals surface area contributed by atoms with E-state index in [0.717, 1.165) is 34.7 Å². The van der Waals surface area contributed by atoms with Crippen molar-refractivity contribution in [1.29, 1.82) is 0 Å². The standard InChI is InChI=1S/C24H25NO4/c1-3-29-22-13-5-4-10-18(22)19-15-23(27)25(16-8-6-9-17(14-16)28-2)20-11-7-12-21(26)24(19)20/h4-6,8-10,13-14,19H,3,7,11-12,15H2,1-2H3. The summed E-state index contributed by atoms with van der Waals surface area (Å²) >= 11 is 0. The van der Waals surface area contributed by atoms with Crippen LogP contribution >= 0.6 is 0 Å². The van der Waals surface area contributed by atoms with E-state index in [0.29, 0.717) is 25.2 Å². The van der Waals surface area contributed by atoms with Gasteiger partial charge in [-0.2, -0.15) is 0 Å². The topological polar surface area (TPSA) is 55.8 Å². The molecule has 150 valence electrons. The van der Waals surface area contributed by atoms with Gasteiger partial charge in [0.15, 0.2) is 5.78 Å². The first-order chi connectivity index (χ1) is 14.1. The molecule has 1 aliphatic carbocycles. The molecule has 0 aromatic heterocycles. The van der Waals surface area contributed by atoms with Crippen molar-refractivity contribution in [3.8, 4) is 11.5 Å². The van der Waals surface area contributed by atoms with Gasteiger partial charge in [0.25, 0.3) is 0 Å².